The fourth-order valence-corrected chi connectivity index (χ4v) is 2.72. The summed E-state index contributed by atoms with van der Waals surface area (Å²) in [4.78, 5) is 4.70. The molecule has 0 aliphatic carbocycles. The van der Waals surface area contributed by atoms with Crippen LogP contribution < -0.4 is 5.73 Å². The average Bonchev–Trinajstić information content (AvgIpc) is 2.47. The second kappa shape index (κ2) is 5.47. The molecule has 1 unspecified atom stereocenters. The summed E-state index contributed by atoms with van der Waals surface area (Å²) < 4.78 is 0. The van der Waals surface area contributed by atoms with E-state index in [4.69, 9.17) is 22.3 Å². The van der Waals surface area contributed by atoms with Crippen LogP contribution >= 0.6 is 11.6 Å². The molecule has 0 spiro atoms. The van der Waals surface area contributed by atoms with E-state index in [2.05, 4.69) is 12.1 Å². The molecule has 3 heteroatoms. The number of para-hydroxylation sites is 1. The summed E-state index contributed by atoms with van der Waals surface area (Å²) in [6, 6.07) is 19.9. The minimum atomic E-state index is -0.500. The van der Waals surface area contributed by atoms with Crippen LogP contribution in [0.25, 0.3) is 10.9 Å². The molecule has 1 atom stereocenters. The topological polar surface area (TPSA) is 38.9 Å². The summed E-state index contributed by atoms with van der Waals surface area (Å²) in [5.41, 5.74) is 8.99. The molecule has 1 heterocycles. The minimum absolute atomic E-state index is 0.500. The van der Waals surface area contributed by atoms with Crippen LogP contribution in [0.4, 0.5) is 0 Å². The predicted molar refractivity (Wildman–Crippen MR) is 88.4 cm³/mol. The van der Waals surface area contributed by atoms with Gasteiger partial charge in [0.25, 0.3) is 0 Å². The molecule has 2 N–H and O–H groups in total. The normalized spacial score (nSPS) is 14.0. The van der Waals surface area contributed by atoms with E-state index in [0.29, 0.717) is 11.4 Å². The number of hydrogen-bond donors (Lipinski definition) is 1. The van der Waals surface area contributed by atoms with Gasteiger partial charge in [-0.3, -0.25) is 4.98 Å². The summed E-state index contributed by atoms with van der Waals surface area (Å²) in [5.74, 6) is 0. The standard InChI is InChI=1S/C18H17ClN2/c1-18(20,14-6-4-7-15(19)11-14)12-16-10-9-13-5-2-3-8-17(13)21-16/h2-11H,12,20H2,1H3. The van der Waals surface area contributed by atoms with Crippen LogP contribution in [0, 0.1) is 0 Å². The molecule has 0 aliphatic rings. The van der Waals surface area contributed by atoms with Crippen LogP contribution in [0.3, 0.4) is 0 Å². The third-order valence-electron chi connectivity index (χ3n) is 3.69. The number of fused-ring (bicyclic) bond motifs is 1. The van der Waals surface area contributed by atoms with Gasteiger partial charge in [0.15, 0.2) is 0 Å². The van der Waals surface area contributed by atoms with Crippen LogP contribution in [-0.4, -0.2) is 4.98 Å². The van der Waals surface area contributed by atoms with Crippen molar-refractivity contribution in [2.75, 3.05) is 0 Å². The number of hydrogen-bond acceptors (Lipinski definition) is 2. The quantitative estimate of drug-likeness (QED) is 0.782. The SMILES string of the molecule is CC(N)(Cc1ccc2ccccc2n1)c1cccc(Cl)c1. The lowest BCUT2D eigenvalue weighted by atomic mass is 9.88. The Hall–Kier alpha value is -1.90. The van der Waals surface area contributed by atoms with E-state index in [1.807, 2.05) is 55.5 Å². The lowest BCUT2D eigenvalue weighted by Gasteiger charge is -2.25. The molecule has 1 aromatic heterocycles. The van der Waals surface area contributed by atoms with Crippen molar-refractivity contribution >= 4 is 22.5 Å². The van der Waals surface area contributed by atoms with Gasteiger partial charge in [-0.2, -0.15) is 0 Å². The molecule has 0 fully saturated rings. The predicted octanol–water partition coefficient (Wildman–Crippen LogP) is 4.30. The average molecular weight is 297 g/mol. The number of nitrogens with zero attached hydrogens (tertiary/aromatic N) is 1. The summed E-state index contributed by atoms with van der Waals surface area (Å²) >= 11 is 6.06. The fourth-order valence-electron chi connectivity index (χ4n) is 2.53. The zero-order chi connectivity index (χ0) is 14.9. The van der Waals surface area contributed by atoms with Crippen molar-refractivity contribution in [3.8, 4) is 0 Å². The Bertz CT molecular complexity index is 781. The third-order valence-corrected chi connectivity index (χ3v) is 3.92. The van der Waals surface area contributed by atoms with E-state index in [9.17, 15) is 0 Å². The van der Waals surface area contributed by atoms with Gasteiger partial charge >= 0.3 is 0 Å². The first-order valence-corrected chi connectivity index (χ1v) is 7.32. The van der Waals surface area contributed by atoms with Crippen molar-refractivity contribution in [3.63, 3.8) is 0 Å². The molecule has 3 rings (SSSR count). The van der Waals surface area contributed by atoms with Crippen molar-refractivity contribution < 1.29 is 0 Å². The van der Waals surface area contributed by atoms with Gasteiger partial charge < -0.3 is 5.73 Å². The van der Waals surface area contributed by atoms with Crippen LogP contribution in [0.1, 0.15) is 18.2 Å². The highest BCUT2D eigenvalue weighted by Gasteiger charge is 2.22. The molecule has 0 bridgehead atoms. The van der Waals surface area contributed by atoms with E-state index < -0.39 is 5.54 Å². The van der Waals surface area contributed by atoms with Gasteiger partial charge in [0.2, 0.25) is 0 Å². The zero-order valence-electron chi connectivity index (χ0n) is 11.9. The zero-order valence-corrected chi connectivity index (χ0v) is 12.6. The smallest absolute Gasteiger partial charge is 0.0705 e. The maximum atomic E-state index is 6.48. The number of halogens is 1. The van der Waals surface area contributed by atoms with Gasteiger partial charge in [-0.25, -0.2) is 0 Å². The Morgan fingerprint density at radius 2 is 1.86 bits per heavy atom. The molecule has 0 saturated heterocycles. The van der Waals surface area contributed by atoms with Crippen LogP contribution in [0.2, 0.25) is 5.02 Å². The Kier molecular flexibility index (Phi) is 3.66. The van der Waals surface area contributed by atoms with E-state index in [1.165, 1.54) is 0 Å². The monoisotopic (exact) mass is 296 g/mol. The highest BCUT2D eigenvalue weighted by atomic mass is 35.5. The molecular weight excluding hydrogens is 280 g/mol. The lowest BCUT2D eigenvalue weighted by Crippen LogP contribution is -2.35. The Labute approximate surface area is 129 Å². The van der Waals surface area contributed by atoms with Crippen molar-refractivity contribution in [2.45, 2.75) is 18.9 Å². The molecule has 0 aliphatic heterocycles. The summed E-state index contributed by atoms with van der Waals surface area (Å²) in [5, 5.41) is 1.85. The van der Waals surface area contributed by atoms with E-state index in [1.54, 1.807) is 0 Å². The Morgan fingerprint density at radius 3 is 2.67 bits per heavy atom. The number of pyridine rings is 1. The second-order valence-corrected chi connectivity index (χ2v) is 6.04. The highest BCUT2D eigenvalue weighted by molar-refractivity contribution is 6.30. The van der Waals surface area contributed by atoms with Gasteiger partial charge in [-0.1, -0.05) is 48.0 Å². The number of aromatic nitrogens is 1. The summed E-state index contributed by atoms with van der Waals surface area (Å²) in [7, 11) is 0. The molecule has 0 amide bonds. The summed E-state index contributed by atoms with van der Waals surface area (Å²) in [6.45, 7) is 2.01. The maximum absolute atomic E-state index is 6.48. The Morgan fingerprint density at radius 1 is 1.05 bits per heavy atom. The molecular formula is C18H17ClN2. The summed E-state index contributed by atoms with van der Waals surface area (Å²) in [6.07, 6.45) is 0.665. The van der Waals surface area contributed by atoms with Crippen LogP contribution in [0.15, 0.2) is 60.7 Å². The molecule has 3 aromatic rings. The van der Waals surface area contributed by atoms with Crippen molar-refractivity contribution in [1.82, 2.24) is 4.98 Å². The van der Waals surface area contributed by atoms with Gasteiger partial charge in [0, 0.05) is 28.1 Å². The maximum Gasteiger partial charge on any atom is 0.0705 e. The first kappa shape index (κ1) is 14.1. The number of rotatable bonds is 3. The number of benzene rings is 2. The van der Waals surface area contributed by atoms with E-state index >= 15 is 0 Å². The largest absolute Gasteiger partial charge is 0.321 e. The number of nitrogens with two attached hydrogens (primary N) is 1. The highest BCUT2D eigenvalue weighted by Crippen LogP contribution is 2.25. The first-order valence-electron chi connectivity index (χ1n) is 6.94. The van der Waals surface area contributed by atoms with Crippen molar-refractivity contribution in [2.24, 2.45) is 5.73 Å². The van der Waals surface area contributed by atoms with E-state index in [0.717, 1.165) is 22.2 Å². The fraction of sp³-hybridized carbons (Fsp3) is 0.167. The van der Waals surface area contributed by atoms with E-state index in [-0.39, 0.29) is 0 Å². The molecule has 2 aromatic carbocycles. The molecule has 2 nitrogen and oxygen atoms in total. The molecule has 0 radical (unpaired) electrons. The van der Waals surface area contributed by atoms with Gasteiger partial charge in [-0.15, -0.1) is 0 Å². The van der Waals surface area contributed by atoms with Gasteiger partial charge in [0.1, 0.15) is 0 Å². The third kappa shape index (κ3) is 3.07. The molecule has 106 valence electrons. The first-order chi connectivity index (χ1) is 10.0. The minimum Gasteiger partial charge on any atom is -0.321 e. The van der Waals surface area contributed by atoms with Crippen molar-refractivity contribution in [3.05, 3.63) is 76.9 Å². The Balaban J connectivity index is 1.93. The van der Waals surface area contributed by atoms with Crippen LogP contribution in [-0.2, 0) is 12.0 Å². The van der Waals surface area contributed by atoms with Crippen LogP contribution in [0.5, 0.6) is 0 Å². The molecule has 0 saturated carbocycles. The van der Waals surface area contributed by atoms with Gasteiger partial charge in [0.05, 0.1) is 5.52 Å². The van der Waals surface area contributed by atoms with Gasteiger partial charge in [-0.05, 0) is 36.8 Å². The van der Waals surface area contributed by atoms with Crippen molar-refractivity contribution in [1.29, 1.82) is 0 Å². The second-order valence-electron chi connectivity index (χ2n) is 5.60. The molecule has 21 heavy (non-hydrogen) atoms. The lowest BCUT2D eigenvalue weighted by molar-refractivity contribution is 0.486.